The first-order valence-corrected chi connectivity index (χ1v) is 0.816. The Morgan fingerprint density at radius 1 is 0.800 bits per heavy atom. The van der Waals surface area contributed by atoms with Crippen LogP contribution < -0.4 is 10.2 Å². The van der Waals surface area contributed by atoms with Crippen molar-refractivity contribution in [2.24, 2.45) is 0 Å². The zero-order chi connectivity index (χ0) is 4.00. The SMILES string of the molecule is C[O-].C[O-].[Ge]. The van der Waals surface area contributed by atoms with Gasteiger partial charge >= 0.3 is 0 Å². The van der Waals surface area contributed by atoms with Crippen LogP contribution in [0.25, 0.3) is 0 Å². The Morgan fingerprint density at radius 2 is 0.800 bits per heavy atom. The average Bonchev–Trinajstić information content (AvgIpc) is 1.50. The van der Waals surface area contributed by atoms with Gasteiger partial charge in [0.25, 0.3) is 0 Å². The van der Waals surface area contributed by atoms with Gasteiger partial charge in [-0.05, 0) is 0 Å². The first kappa shape index (κ1) is 17.9. The molecule has 0 N–H and O–H groups in total. The molecule has 0 rings (SSSR count). The summed E-state index contributed by atoms with van der Waals surface area (Å²) in [7, 11) is 1.50. The second-order valence-electron chi connectivity index (χ2n) is 0. The number of hydrogen-bond donors (Lipinski definition) is 0. The quantitative estimate of drug-likeness (QED) is 0.346. The third kappa shape index (κ3) is 126. The molecule has 2 nitrogen and oxygen atoms in total. The van der Waals surface area contributed by atoms with E-state index < -0.39 is 0 Å². The summed E-state index contributed by atoms with van der Waals surface area (Å²) in [5, 5.41) is 16.5. The molecule has 4 radical (unpaired) electrons. The van der Waals surface area contributed by atoms with Crippen molar-refractivity contribution in [3.63, 3.8) is 0 Å². The summed E-state index contributed by atoms with van der Waals surface area (Å²) in [5.41, 5.74) is 0. The van der Waals surface area contributed by atoms with Crippen LogP contribution in [-0.2, 0) is 0 Å². The summed E-state index contributed by atoms with van der Waals surface area (Å²) in [6, 6.07) is 0. The Hall–Kier alpha value is 0.463. The first-order chi connectivity index (χ1) is 2.00. The molecule has 32 valence electrons. The van der Waals surface area contributed by atoms with E-state index in [1.807, 2.05) is 0 Å². The largest absolute Gasteiger partial charge is 0.857 e. The molecule has 3 heteroatoms. The number of hydrogen-bond acceptors (Lipinski definition) is 2. The van der Waals surface area contributed by atoms with Crippen molar-refractivity contribution in [1.82, 2.24) is 0 Å². The standard InChI is InChI=1S/2CH3O.Ge/c2*1-2;/h2*1H3;/q2*-1;. The van der Waals surface area contributed by atoms with Gasteiger partial charge in [0.15, 0.2) is 0 Å². The Morgan fingerprint density at radius 3 is 0.800 bits per heavy atom. The molecule has 0 saturated heterocycles. The van der Waals surface area contributed by atoms with Crippen LogP contribution in [0, 0.1) is 0 Å². The molecular weight excluding hydrogens is 129 g/mol. The van der Waals surface area contributed by atoms with Crippen LogP contribution in [0.3, 0.4) is 0 Å². The molecular formula is C2H6GeO2-2. The molecule has 0 heterocycles. The summed E-state index contributed by atoms with van der Waals surface area (Å²) >= 11 is 0. The fourth-order valence-electron chi connectivity index (χ4n) is 0. The summed E-state index contributed by atoms with van der Waals surface area (Å²) in [5.74, 6) is 0. The monoisotopic (exact) mass is 136 g/mol. The Bertz CT molecular complexity index is 7.61. The fourth-order valence-corrected chi connectivity index (χ4v) is 0. The topological polar surface area (TPSA) is 46.1 Å². The Balaban J connectivity index is -0.0000000133. The van der Waals surface area contributed by atoms with Gasteiger partial charge in [-0.3, -0.25) is 0 Å². The van der Waals surface area contributed by atoms with E-state index in [0.717, 1.165) is 14.2 Å². The molecule has 0 bridgehead atoms. The van der Waals surface area contributed by atoms with Crippen molar-refractivity contribution in [3.8, 4) is 0 Å². The van der Waals surface area contributed by atoms with Crippen LogP contribution in [0.4, 0.5) is 0 Å². The minimum Gasteiger partial charge on any atom is -0.857 e. The van der Waals surface area contributed by atoms with E-state index in [1.165, 1.54) is 0 Å². The minimum atomic E-state index is 0. The van der Waals surface area contributed by atoms with Crippen molar-refractivity contribution in [2.75, 3.05) is 14.2 Å². The molecule has 0 unspecified atom stereocenters. The van der Waals surface area contributed by atoms with Crippen molar-refractivity contribution < 1.29 is 10.2 Å². The first-order valence-electron chi connectivity index (χ1n) is 0.816. The van der Waals surface area contributed by atoms with Gasteiger partial charge in [0, 0.05) is 17.6 Å². The second kappa shape index (κ2) is 250. The Labute approximate surface area is 42.8 Å². The van der Waals surface area contributed by atoms with Gasteiger partial charge < -0.3 is 10.2 Å². The summed E-state index contributed by atoms with van der Waals surface area (Å²) in [6.07, 6.45) is 0. The molecule has 5 heavy (non-hydrogen) atoms. The Kier molecular flexibility index (Phi) is 896. The van der Waals surface area contributed by atoms with Gasteiger partial charge in [0.05, 0.1) is 0 Å². The molecule has 0 aliphatic heterocycles. The van der Waals surface area contributed by atoms with E-state index in [4.69, 9.17) is 10.2 Å². The van der Waals surface area contributed by atoms with Crippen molar-refractivity contribution in [2.45, 2.75) is 0 Å². The van der Waals surface area contributed by atoms with Crippen LogP contribution in [0.5, 0.6) is 0 Å². The number of rotatable bonds is 0. The molecule has 0 aromatic heterocycles. The molecule has 0 fully saturated rings. The van der Waals surface area contributed by atoms with Crippen LogP contribution in [-0.4, -0.2) is 31.8 Å². The molecule has 0 atom stereocenters. The van der Waals surface area contributed by atoms with Crippen LogP contribution in [0.15, 0.2) is 0 Å². The summed E-state index contributed by atoms with van der Waals surface area (Å²) in [4.78, 5) is 0. The summed E-state index contributed by atoms with van der Waals surface area (Å²) < 4.78 is 0. The molecule has 0 aliphatic carbocycles. The maximum Gasteiger partial charge on any atom is 0 e. The van der Waals surface area contributed by atoms with E-state index in [9.17, 15) is 0 Å². The predicted molar refractivity (Wildman–Crippen MR) is 17.6 cm³/mol. The zero-order valence-electron chi connectivity index (χ0n) is 3.32. The summed E-state index contributed by atoms with van der Waals surface area (Å²) in [6.45, 7) is 0. The van der Waals surface area contributed by atoms with Crippen molar-refractivity contribution in [1.29, 1.82) is 0 Å². The maximum absolute atomic E-state index is 8.25. The van der Waals surface area contributed by atoms with Gasteiger partial charge in [0.1, 0.15) is 0 Å². The van der Waals surface area contributed by atoms with E-state index in [1.54, 1.807) is 0 Å². The van der Waals surface area contributed by atoms with Gasteiger partial charge in [-0.2, -0.15) is 14.2 Å². The van der Waals surface area contributed by atoms with Crippen molar-refractivity contribution in [3.05, 3.63) is 0 Å². The molecule has 0 aromatic carbocycles. The minimum absolute atomic E-state index is 0. The second-order valence-corrected chi connectivity index (χ2v) is 0. The molecule has 0 spiro atoms. The van der Waals surface area contributed by atoms with Crippen LogP contribution in [0.1, 0.15) is 0 Å². The van der Waals surface area contributed by atoms with Gasteiger partial charge in [-0.25, -0.2) is 0 Å². The van der Waals surface area contributed by atoms with Crippen LogP contribution >= 0.6 is 0 Å². The van der Waals surface area contributed by atoms with Crippen LogP contribution in [0.2, 0.25) is 0 Å². The predicted octanol–water partition coefficient (Wildman–Crippen LogP) is -2.43. The third-order valence-corrected chi connectivity index (χ3v) is 0. The van der Waals surface area contributed by atoms with E-state index in [2.05, 4.69) is 0 Å². The molecule has 0 aromatic rings. The van der Waals surface area contributed by atoms with E-state index >= 15 is 0 Å². The molecule has 0 aliphatic rings. The van der Waals surface area contributed by atoms with Crippen molar-refractivity contribution >= 4 is 17.6 Å². The molecule has 0 amide bonds. The van der Waals surface area contributed by atoms with Gasteiger partial charge in [-0.1, -0.05) is 0 Å². The third-order valence-electron chi connectivity index (χ3n) is 0. The van der Waals surface area contributed by atoms with E-state index in [-0.39, 0.29) is 17.6 Å². The zero-order valence-corrected chi connectivity index (χ0v) is 5.41. The van der Waals surface area contributed by atoms with Gasteiger partial charge in [0.2, 0.25) is 0 Å². The normalized spacial score (nSPS) is 2.40. The maximum atomic E-state index is 8.25. The molecule has 0 saturated carbocycles. The van der Waals surface area contributed by atoms with E-state index in [0.29, 0.717) is 0 Å². The fraction of sp³-hybridized carbons (Fsp3) is 1.00. The van der Waals surface area contributed by atoms with Gasteiger partial charge in [-0.15, -0.1) is 0 Å². The smallest absolute Gasteiger partial charge is 0 e. The average molecular weight is 135 g/mol.